The van der Waals surface area contributed by atoms with E-state index in [0.29, 0.717) is 41.5 Å². The third kappa shape index (κ3) is 5.20. The van der Waals surface area contributed by atoms with Crippen LogP contribution in [0, 0.1) is 0 Å². The van der Waals surface area contributed by atoms with Crippen LogP contribution >= 0.6 is 0 Å². The van der Waals surface area contributed by atoms with E-state index in [1.165, 1.54) is 32.4 Å². The van der Waals surface area contributed by atoms with E-state index in [1.807, 2.05) is 47.4 Å². The number of hydrogen-bond acceptors (Lipinski definition) is 5. The Morgan fingerprint density at radius 1 is 0.943 bits per heavy atom. The summed E-state index contributed by atoms with van der Waals surface area (Å²) in [7, 11) is 0. The van der Waals surface area contributed by atoms with Crippen molar-refractivity contribution in [1.82, 2.24) is 9.80 Å². The molecule has 3 aromatic rings. The summed E-state index contributed by atoms with van der Waals surface area (Å²) in [6.07, 6.45) is 5.06. The van der Waals surface area contributed by atoms with Gasteiger partial charge in [-0.3, -0.25) is 9.59 Å². The van der Waals surface area contributed by atoms with Crippen molar-refractivity contribution in [2.45, 2.75) is 51.2 Å². The first-order valence-corrected chi connectivity index (χ1v) is 12.7. The molecule has 1 aromatic heterocycles. The molecule has 2 fully saturated rings. The van der Waals surface area contributed by atoms with Crippen molar-refractivity contribution >= 4 is 28.5 Å². The molecule has 0 saturated carbocycles. The average molecular weight is 476 g/mol. The van der Waals surface area contributed by atoms with Gasteiger partial charge in [0.1, 0.15) is 17.0 Å². The molecular weight excluding hydrogens is 442 g/mol. The number of fused-ring (bicyclic) bond motifs is 1. The molecule has 2 amide bonds. The number of nitrogens with zero attached hydrogens (tertiary/aromatic N) is 2. The molecule has 2 aromatic carbocycles. The predicted molar refractivity (Wildman–Crippen MR) is 136 cm³/mol. The maximum absolute atomic E-state index is 13.6. The summed E-state index contributed by atoms with van der Waals surface area (Å²) in [5, 5.41) is 3.63. The first-order valence-electron chi connectivity index (χ1n) is 12.7. The summed E-state index contributed by atoms with van der Waals surface area (Å²) < 4.78 is 11.8. The molecule has 1 N–H and O–H groups in total. The molecule has 0 aliphatic carbocycles. The van der Waals surface area contributed by atoms with E-state index in [4.69, 9.17) is 9.15 Å². The van der Waals surface area contributed by atoms with E-state index in [1.54, 1.807) is 19.1 Å². The second kappa shape index (κ2) is 10.5. The van der Waals surface area contributed by atoms with Gasteiger partial charge in [-0.05, 0) is 70.0 Å². The molecule has 2 aliphatic rings. The van der Waals surface area contributed by atoms with E-state index in [0.717, 1.165) is 12.8 Å². The number of nitrogens with one attached hydrogen (secondary N) is 1. The summed E-state index contributed by atoms with van der Waals surface area (Å²) >= 11 is 0. The van der Waals surface area contributed by atoms with Crippen LogP contribution in [0.1, 0.15) is 49.6 Å². The lowest BCUT2D eigenvalue weighted by molar-refractivity contribution is -0.122. The summed E-state index contributed by atoms with van der Waals surface area (Å²) in [4.78, 5) is 31.0. The highest BCUT2D eigenvalue weighted by molar-refractivity contribution is 6.11. The van der Waals surface area contributed by atoms with E-state index in [-0.39, 0.29) is 17.6 Å². The van der Waals surface area contributed by atoms with Gasteiger partial charge in [-0.1, -0.05) is 36.8 Å². The van der Waals surface area contributed by atoms with Crippen molar-refractivity contribution in [3.05, 3.63) is 60.4 Å². The zero-order chi connectivity index (χ0) is 24.2. The Hall–Kier alpha value is -3.32. The number of piperidine rings is 2. The monoisotopic (exact) mass is 475 g/mol. The number of furan rings is 1. The topological polar surface area (TPSA) is 75.0 Å². The van der Waals surface area contributed by atoms with Crippen molar-refractivity contribution in [2.75, 3.05) is 31.5 Å². The number of hydrogen-bond donors (Lipinski definition) is 1. The van der Waals surface area contributed by atoms with Crippen molar-refractivity contribution in [3.63, 3.8) is 0 Å². The van der Waals surface area contributed by atoms with Crippen LogP contribution in [0.25, 0.3) is 11.0 Å². The Labute approximate surface area is 206 Å². The molecule has 1 atom stereocenters. The lowest BCUT2D eigenvalue weighted by Gasteiger charge is -2.40. The fourth-order valence-electron chi connectivity index (χ4n) is 5.16. The predicted octanol–water partition coefficient (Wildman–Crippen LogP) is 4.93. The first-order chi connectivity index (χ1) is 17.1. The van der Waals surface area contributed by atoms with Gasteiger partial charge in [0.15, 0.2) is 6.10 Å². The Kier molecular flexibility index (Phi) is 7.04. The third-order valence-electron chi connectivity index (χ3n) is 7.12. The molecule has 2 aliphatic heterocycles. The SMILES string of the molecule is CC(Oc1ccccc1)C(=O)Nc1c(C(=O)N2CCC(N3CCCCC3)CC2)oc2ccccc12. The van der Waals surface area contributed by atoms with Gasteiger partial charge < -0.3 is 24.3 Å². The second-order valence-corrected chi connectivity index (χ2v) is 9.48. The number of ether oxygens (including phenoxy) is 1. The number of rotatable bonds is 6. The van der Waals surface area contributed by atoms with E-state index in [9.17, 15) is 9.59 Å². The number of para-hydroxylation sites is 2. The molecule has 0 radical (unpaired) electrons. The summed E-state index contributed by atoms with van der Waals surface area (Å²) in [6.45, 7) is 5.41. The number of benzene rings is 2. The molecule has 2 saturated heterocycles. The summed E-state index contributed by atoms with van der Waals surface area (Å²) in [6, 6.07) is 17.2. The normalized spacial score (nSPS) is 18.4. The van der Waals surface area contributed by atoms with Crippen molar-refractivity contribution in [1.29, 1.82) is 0 Å². The van der Waals surface area contributed by atoms with Crippen LogP contribution < -0.4 is 10.1 Å². The highest BCUT2D eigenvalue weighted by atomic mass is 16.5. The van der Waals surface area contributed by atoms with Crippen LogP contribution in [0.2, 0.25) is 0 Å². The van der Waals surface area contributed by atoms with Crippen molar-refractivity contribution in [2.24, 2.45) is 0 Å². The minimum Gasteiger partial charge on any atom is -0.481 e. The molecule has 184 valence electrons. The minimum atomic E-state index is -0.741. The molecule has 0 spiro atoms. The quantitative estimate of drug-likeness (QED) is 0.547. The van der Waals surface area contributed by atoms with Crippen LogP contribution in [0.4, 0.5) is 5.69 Å². The largest absolute Gasteiger partial charge is 0.481 e. The Morgan fingerprint density at radius 3 is 2.37 bits per heavy atom. The molecule has 0 bridgehead atoms. The first kappa shape index (κ1) is 23.4. The van der Waals surface area contributed by atoms with Crippen molar-refractivity contribution in [3.8, 4) is 5.75 Å². The molecule has 1 unspecified atom stereocenters. The Morgan fingerprint density at radius 2 is 1.63 bits per heavy atom. The Bertz CT molecular complexity index is 1160. The van der Waals surface area contributed by atoms with Crippen molar-refractivity contribution < 1.29 is 18.7 Å². The van der Waals surface area contributed by atoms with Crippen LogP contribution in [-0.4, -0.2) is 59.9 Å². The molecule has 35 heavy (non-hydrogen) atoms. The highest BCUT2D eigenvalue weighted by Gasteiger charge is 2.32. The fraction of sp³-hybridized carbons (Fsp3) is 0.429. The average Bonchev–Trinajstić information content (AvgIpc) is 3.27. The van der Waals surface area contributed by atoms with Crippen LogP contribution in [-0.2, 0) is 4.79 Å². The van der Waals surface area contributed by atoms with Crippen LogP contribution in [0.3, 0.4) is 0 Å². The lowest BCUT2D eigenvalue weighted by atomic mass is 9.99. The molecule has 3 heterocycles. The smallest absolute Gasteiger partial charge is 0.291 e. The van der Waals surface area contributed by atoms with Gasteiger partial charge in [0.05, 0.1) is 0 Å². The van der Waals surface area contributed by atoms with Crippen LogP contribution in [0.15, 0.2) is 59.0 Å². The van der Waals surface area contributed by atoms with Gasteiger partial charge in [-0.2, -0.15) is 0 Å². The maximum Gasteiger partial charge on any atom is 0.291 e. The Balaban J connectivity index is 1.31. The lowest BCUT2D eigenvalue weighted by Crippen LogP contribution is -2.48. The molecule has 5 rings (SSSR count). The number of carbonyl (C=O) groups is 2. The standard InChI is InChI=1S/C28H33N3O4/c1-20(34-22-10-4-2-5-11-22)27(32)29-25-23-12-6-7-13-24(23)35-26(25)28(33)31-18-14-21(15-19-31)30-16-8-3-9-17-30/h2,4-7,10-13,20-21H,3,8-9,14-19H2,1H3,(H,29,32). The summed E-state index contributed by atoms with van der Waals surface area (Å²) in [5.74, 6) is 0.284. The van der Waals surface area contributed by atoms with Gasteiger partial charge in [-0.15, -0.1) is 0 Å². The van der Waals surface area contributed by atoms with Crippen LogP contribution in [0.5, 0.6) is 5.75 Å². The van der Waals surface area contributed by atoms with Gasteiger partial charge >= 0.3 is 0 Å². The van der Waals surface area contributed by atoms with Gasteiger partial charge in [0, 0.05) is 24.5 Å². The third-order valence-corrected chi connectivity index (χ3v) is 7.12. The van der Waals surface area contributed by atoms with Gasteiger partial charge in [-0.25, -0.2) is 0 Å². The molecule has 7 heteroatoms. The number of carbonyl (C=O) groups excluding carboxylic acids is 2. The number of anilines is 1. The zero-order valence-electron chi connectivity index (χ0n) is 20.2. The highest BCUT2D eigenvalue weighted by Crippen LogP contribution is 2.33. The minimum absolute atomic E-state index is 0.176. The van der Waals surface area contributed by atoms with E-state index >= 15 is 0 Å². The number of amides is 2. The molecular formula is C28H33N3O4. The maximum atomic E-state index is 13.6. The van der Waals surface area contributed by atoms with E-state index in [2.05, 4.69) is 10.2 Å². The number of likely N-dealkylation sites (tertiary alicyclic amines) is 2. The van der Waals surface area contributed by atoms with Gasteiger partial charge in [0.2, 0.25) is 5.76 Å². The summed E-state index contributed by atoms with van der Waals surface area (Å²) in [5.41, 5.74) is 0.989. The second-order valence-electron chi connectivity index (χ2n) is 9.48. The molecule has 7 nitrogen and oxygen atoms in total. The van der Waals surface area contributed by atoms with E-state index < -0.39 is 6.10 Å². The fourth-order valence-corrected chi connectivity index (χ4v) is 5.16. The van der Waals surface area contributed by atoms with Gasteiger partial charge in [0.25, 0.3) is 11.8 Å². The zero-order valence-corrected chi connectivity index (χ0v) is 20.2.